The van der Waals surface area contributed by atoms with Gasteiger partial charge in [-0.2, -0.15) is 0 Å². The Balaban J connectivity index is 1.88. The molecule has 0 amide bonds. The Morgan fingerprint density at radius 1 is 1.06 bits per heavy atom. The topological polar surface area (TPSA) is 109 Å². The van der Waals surface area contributed by atoms with Crippen molar-refractivity contribution < 1.29 is 34.6 Å². The van der Waals surface area contributed by atoms with E-state index in [1.807, 2.05) is 31.2 Å². The highest BCUT2D eigenvalue weighted by atomic mass is 35.5. The van der Waals surface area contributed by atoms with Gasteiger partial charge in [-0.25, -0.2) is 0 Å². The van der Waals surface area contributed by atoms with Gasteiger partial charge in [0.2, 0.25) is 0 Å². The Labute approximate surface area is 186 Å². The molecule has 1 unspecified atom stereocenters. The lowest BCUT2D eigenvalue weighted by Crippen LogP contribution is -2.65. The van der Waals surface area contributed by atoms with Crippen molar-refractivity contribution in [1.82, 2.24) is 0 Å². The number of hydrogen-bond acceptors (Lipinski definition) is 7. The van der Waals surface area contributed by atoms with Gasteiger partial charge in [-0.05, 0) is 48.2 Å². The molecule has 0 aliphatic carbocycles. The summed E-state index contributed by atoms with van der Waals surface area (Å²) in [5.41, 5.74) is 0.832. The lowest BCUT2D eigenvalue weighted by molar-refractivity contribution is -0.291. The molecule has 0 radical (unpaired) electrons. The minimum Gasteiger partial charge on any atom is -0.494 e. The van der Waals surface area contributed by atoms with E-state index in [0.29, 0.717) is 23.6 Å². The van der Waals surface area contributed by atoms with Crippen LogP contribution in [0.4, 0.5) is 0 Å². The molecule has 1 aliphatic rings. The zero-order valence-corrected chi connectivity index (χ0v) is 18.3. The lowest BCUT2D eigenvalue weighted by atomic mass is 9.83. The van der Waals surface area contributed by atoms with Crippen molar-refractivity contribution in [1.29, 1.82) is 0 Å². The number of hydrogen-bond donors (Lipinski definition) is 4. The average molecular weight is 453 g/mol. The van der Waals surface area contributed by atoms with E-state index in [9.17, 15) is 20.4 Å². The molecule has 170 valence electrons. The Bertz CT molecular complexity index is 860. The van der Waals surface area contributed by atoms with Gasteiger partial charge < -0.3 is 34.6 Å². The summed E-state index contributed by atoms with van der Waals surface area (Å²) in [4.78, 5) is 0. The standard InChI is InChI=1S/C23H29ClO7/c1-3-30-17-7-4-14(5-8-17)10-16-11-15(6-9-18(16)24)21-19(26)20(27)22(28)23(12-25,31-21)13-29-2/h4-9,11,19-22,25-28H,3,10,12-13H2,1-2H3/t19-,20-,21+,22+,23?/m1/s1. The Morgan fingerprint density at radius 2 is 1.77 bits per heavy atom. The highest BCUT2D eigenvalue weighted by Gasteiger charge is 2.53. The molecule has 2 aromatic carbocycles. The molecule has 1 saturated heterocycles. The molecule has 5 atom stereocenters. The molecular weight excluding hydrogens is 424 g/mol. The molecule has 0 aromatic heterocycles. The number of methoxy groups -OCH3 is 1. The molecule has 7 nitrogen and oxygen atoms in total. The van der Waals surface area contributed by atoms with Crippen molar-refractivity contribution in [3.8, 4) is 5.75 Å². The largest absolute Gasteiger partial charge is 0.494 e. The fraction of sp³-hybridized carbons (Fsp3) is 0.478. The van der Waals surface area contributed by atoms with Crippen LogP contribution < -0.4 is 4.74 Å². The van der Waals surface area contributed by atoms with Crippen LogP contribution in [0.5, 0.6) is 5.75 Å². The number of halogens is 1. The zero-order chi connectivity index (χ0) is 22.6. The minimum atomic E-state index is -1.56. The maximum atomic E-state index is 10.6. The van der Waals surface area contributed by atoms with Crippen LogP contribution >= 0.6 is 11.6 Å². The maximum Gasteiger partial charge on any atom is 0.144 e. The van der Waals surface area contributed by atoms with Gasteiger partial charge in [0.05, 0.1) is 19.8 Å². The second-order valence-corrected chi connectivity index (χ2v) is 8.13. The highest BCUT2D eigenvalue weighted by Crippen LogP contribution is 2.39. The summed E-state index contributed by atoms with van der Waals surface area (Å²) in [7, 11) is 1.40. The van der Waals surface area contributed by atoms with Crippen molar-refractivity contribution in [3.05, 3.63) is 64.2 Å². The second-order valence-electron chi connectivity index (χ2n) is 7.72. The summed E-state index contributed by atoms with van der Waals surface area (Å²) >= 11 is 6.41. The normalized spacial score (nSPS) is 28.5. The predicted octanol–water partition coefficient (Wildman–Crippen LogP) is 1.86. The van der Waals surface area contributed by atoms with Gasteiger partial charge in [-0.15, -0.1) is 0 Å². The summed E-state index contributed by atoms with van der Waals surface area (Å²) < 4.78 is 16.5. The Kier molecular flexibility index (Phi) is 7.93. The van der Waals surface area contributed by atoms with Gasteiger partial charge in [0.15, 0.2) is 0 Å². The number of rotatable bonds is 8. The van der Waals surface area contributed by atoms with Gasteiger partial charge in [-0.1, -0.05) is 35.9 Å². The van der Waals surface area contributed by atoms with Crippen LogP contribution in [0.1, 0.15) is 29.7 Å². The molecule has 1 aliphatic heterocycles. The van der Waals surface area contributed by atoms with Gasteiger partial charge in [0, 0.05) is 12.1 Å². The van der Waals surface area contributed by atoms with Crippen molar-refractivity contribution in [3.63, 3.8) is 0 Å². The SMILES string of the molecule is CCOc1ccc(Cc2cc([C@@H]3OC(CO)(COC)[C@@H](O)[C@H](O)[C@H]3O)ccc2Cl)cc1. The summed E-state index contributed by atoms with van der Waals surface area (Å²) in [5.74, 6) is 0.788. The molecule has 31 heavy (non-hydrogen) atoms. The molecule has 0 saturated carbocycles. The van der Waals surface area contributed by atoms with Gasteiger partial charge >= 0.3 is 0 Å². The molecule has 1 fully saturated rings. The first-order chi connectivity index (χ1) is 14.8. The molecule has 2 aromatic rings. The van der Waals surface area contributed by atoms with Crippen molar-refractivity contribution in [2.75, 3.05) is 26.9 Å². The molecule has 3 rings (SSSR count). The van der Waals surface area contributed by atoms with Crippen LogP contribution in [-0.4, -0.2) is 71.3 Å². The van der Waals surface area contributed by atoms with Crippen LogP contribution in [0.25, 0.3) is 0 Å². The summed E-state index contributed by atoms with van der Waals surface area (Å²) in [6, 6.07) is 12.9. The fourth-order valence-corrected chi connectivity index (χ4v) is 4.06. The van der Waals surface area contributed by atoms with E-state index in [-0.39, 0.29) is 6.61 Å². The van der Waals surface area contributed by atoms with E-state index < -0.39 is 36.6 Å². The number of ether oxygens (including phenoxy) is 3. The van der Waals surface area contributed by atoms with E-state index >= 15 is 0 Å². The molecule has 1 heterocycles. The summed E-state index contributed by atoms with van der Waals surface area (Å²) in [6.45, 7) is 1.78. The second kappa shape index (κ2) is 10.3. The van der Waals surface area contributed by atoms with Gasteiger partial charge in [0.1, 0.15) is 35.8 Å². The van der Waals surface area contributed by atoms with E-state index in [1.54, 1.807) is 18.2 Å². The molecule has 4 N–H and O–H groups in total. The number of aliphatic hydroxyl groups excluding tert-OH is 4. The van der Waals surface area contributed by atoms with Crippen LogP contribution in [0.2, 0.25) is 5.02 Å². The Hall–Kier alpha value is -1.71. The van der Waals surface area contributed by atoms with E-state index in [2.05, 4.69) is 0 Å². The van der Waals surface area contributed by atoms with E-state index in [0.717, 1.165) is 16.9 Å². The zero-order valence-electron chi connectivity index (χ0n) is 17.6. The third-order valence-electron chi connectivity index (χ3n) is 5.57. The van der Waals surface area contributed by atoms with Crippen LogP contribution in [0.15, 0.2) is 42.5 Å². The molecular formula is C23H29ClO7. The number of aliphatic hydroxyl groups is 4. The molecule has 0 spiro atoms. The number of benzene rings is 2. The average Bonchev–Trinajstić information content (AvgIpc) is 2.77. The fourth-order valence-electron chi connectivity index (χ4n) is 3.87. The highest BCUT2D eigenvalue weighted by molar-refractivity contribution is 6.31. The minimum absolute atomic E-state index is 0.155. The van der Waals surface area contributed by atoms with Gasteiger partial charge in [-0.3, -0.25) is 0 Å². The maximum absolute atomic E-state index is 10.6. The van der Waals surface area contributed by atoms with Crippen LogP contribution in [0.3, 0.4) is 0 Å². The first-order valence-corrected chi connectivity index (χ1v) is 10.5. The van der Waals surface area contributed by atoms with Crippen molar-refractivity contribution in [2.24, 2.45) is 0 Å². The molecule has 0 bridgehead atoms. The summed E-state index contributed by atoms with van der Waals surface area (Å²) in [6.07, 6.45) is -4.88. The quantitative estimate of drug-likeness (QED) is 0.484. The molecule has 8 heteroatoms. The monoisotopic (exact) mass is 452 g/mol. The van der Waals surface area contributed by atoms with Gasteiger partial charge in [0.25, 0.3) is 0 Å². The lowest BCUT2D eigenvalue weighted by Gasteiger charge is -2.48. The first kappa shape index (κ1) is 23.9. The third-order valence-corrected chi connectivity index (χ3v) is 5.94. The van der Waals surface area contributed by atoms with Crippen LogP contribution in [-0.2, 0) is 15.9 Å². The smallest absolute Gasteiger partial charge is 0.144 e. The van der Waals surface area contributed by atoms with Crippen molar-refractivity contribution >= 4 is 11.6 Å². The Morgan fingerprint density at radius 3 is 2.39 bits per heavy atom. The third kappa shape index (κ3) is 5.04. The summed E-state index contributed by atoms with van der Waals surface area (Å²) in [5, 5.41) is 41.8. The predicted molar refractivity (Wildman–Crippen MR) is 115 cm³/mol. The van der Waals surface area contributed by atoms with E-state index in [4.69, 9.17) is 25.8 Å². The van der Waals surface area contributed by atoms with Crippen LogP contribution in [0, 0.1) is 0 Å². The van der Waals surface area contributed by atoms with E-state index in [1.165, 1.54) is 7.11 Å². The van der Waals surface area contributed by atoms with Crippen molar-refractivity contribution in [2.45, 2.75) is 43.4 Å². The first-order valence-electron chi connectivity index (χ1n) is 10.2.